The Bertz CT molecular complexity index is 731. The van der Waals surface area contributed by atoms with Gasteiger partial charge in [-0.1, -0.05) is 0 Å². The number of likely N-dealkylation sites (tertiary alicyclic amines) is 1. The Labute approximate surface area is 148 Å². The van der Waals surface area contributed by atoms with Gasteiger partial charge in [0.15, 0.2) is 11.5 Å². The molecule has 4 rings (SSSR count). The zero-order chi connectivity index (χ0) is 18.3. The van der Waals surface area contributed by atoms with Crippen LogP contribution in [0, 0.1) is 5.92 Å². The van der Waals surface area contributed by atoms with Crippen LogP contribution in [0.4, 0.5) is 19.3 Å². The molecule has 0 aromatic heterocycles. The molecule has 1 saturated heterocycles. The van der Waals surface area contributed by atoms with Crippen LogP contribution in [0.3, 0.4) is 0 Å². The molecule has 1 aromatic carbocycles. The van der Waals surface area contributed by atoms with Crippen molar-refractivity contribution in [3.05, 3.63) is 18.2 Å². The maximum Gasteiger partial charge on any atom is 0.586 e. The highest BCUT2D eigenvalue weighted by Crippen LogP contribution is 2.42. The highest BCUT2D eigenvalue weighted by Gasteiger charge is 2.43. The van der Waals surface area contributed by atoms with Crippen LogP contribution < -0.4 is 20.1 Å². The molecule has 26 heavy (non-hydrogen) atoms. The molecule has 0 spiro atoms. The molecule has 3 aliphatic rings. The molecular weight excluding hydrogens is 348 g/mol. The second-order valence-electron chi connectivity index (χ2n) is 6.80. The van der Waals surface area contributed by atoms with E-state index in [1.807, 2.05) is 0 Å². The van der Waals surface area contributed by atoms with Gasteiger partial charge in [0, 0.05) is 36.8 Å². The lowest BCUT2D eigenvalue weighted by Crippen LogP contribution is -2.48. The van der Waals surface area contributed by atoms with Gasteiger partial charge in [0.1, 0.15) is 0 Å². The molecule has 0 unspecified atom stereocenters. The highest BCUT2D eigenvalue weighted by atomic mass is 19.3. The van der Waals surface area contributed by atoms with E-state index in [0.717, 1.165) is 12.8 Å². The molecule has 0 radical (unpaired) electrons. The SMILES string of the molecule is O=C(NC1CCN(C(=O)Nc2ccc3c(c2)OC(F)(F)O3)CC1)C1CC1. The topological polar surface area (TPSA) is 79.9 Å². The van der Waals surface area contributed by atoms with Crippen LogP contribution in [0.15, 0.2) is 18.2 Å². The molecule has 7 nitrogen and oxygen atoms in total. The van der Waals surface area contributed by atoms with E-state index in [-0.39, 0.29) is 35.4 Å². The number of carbonyl (C=O) groups is 2. The average Bonchev–Trinajstić information content (AvgIpc) is 3.38. The molecule has 1 aromatic rings. The zero-order valence-electron chi connectivity index (χ0n) is 14.0. The van der Waals surface area contributed by atoms with Crippen LogP contribution in [-0.2, 0) is 4.79 Å². The first-order valence-electron chi connectivity index (χ1n) is 8.66. The van der Waals surface area contributed by atoms with Crippen molar-refractivity contribution in [2.24, 2.45) is 5.92 Å². The second-order valence-corrected chi connectivity index (χ2v) is 6.80. The first kappa shape index (κ1) is 16.9. The van der Waals surface area contributed by atoms with Gasteiger partial charge in [0.2, 0.25) is 5.91 Å². The van der Waals surface area contributed by atoms with Crippen molar-refractivity contribution in [3.63, 3.8) is 0 Å². The van der Waals surface area contributed by atoms with Gasteiger partial charge in [-0.15, -0.1) is 8.78 Å². The van der Waals surface area contributed by atoms with Gasteiger partial charge in [-0.05, 0) is 37.8 Å². The lowest BCUT2D eigenvalue weighted by atomic mass is 10.1. The third-order valence-electron chi connectivity index (χ3n) is 4.73. The van der Waals surface area contributed by atoms with Crippen molar-refractivity contribution in [1.29, 1.82) is 0 Å². The predicted molar refractivity (Wildman–Crippen MR) is 87.1 cm³/mol. The molecule has 2 fully saturated rings. The molecule has 0 atom stereocenters. The number of alkyl halides is 2. The van der Waals surface area contributed by atoms with E-state index in [1.54, 1.807) is 4.90 Å². The third-order valence-corrected chi connectivity index (χ3v) is 4.73. The number of nitrogens with one attached hydrogen (secondary N) is 2. The van der Waals surface area contributed by atoms with E-state index in [1.165, 1.54) is 18.2 Å². The summed E-state index contributed by atoms with van der Waals surface area (Å²) in [7, 11) is 0. The smallest absolute Gasteiger partial charge is 0.395 e. The van der Waals surface area contributed by atoms with Gasteiger partial charge < -0.3 is 25.0 Å². The van der Waals surface area contributed by atoms with Crippen LogP contribution in [-0.4, -0.2) is 42.3 Å². The van der Waals surface area contributed by atoms with Gasteiger partial charge in [0.25, 0.3) is 0 Å². The number of carbonyl (C=O) groups excluding carboxylic acids is 2. The standard InChI is InChI=1S/C17H19F2N3O4/c18-17(19)25-13-4-3-12(9-14(13)26-17)21-16(24)22-7-5-11(6-8-22)20-15(23)10-1-2-10/h3-4,9-11H,1-2,5-8H2,(H,20,23)(H,21,24). The molecule has 3 amide bonds. The quantitative estimate of drug-likeness (QED) is 0.860. The van der Waals surface area contributed by atoms with E-state index < -0.39 is 6.29 Å². The molecule has 9 heteroatoms. The number of rotatable bonds is 3. The van der Waals surface area contributed by atoms with E-state index in [9.17, 15) is 18.4 Å². The second kappa shape index (κ2) is 6.30. The summed E-state index contributed by atoms with van der Waals surface area (Å²) in [6, 6.07) is 3.88. The molecular formula is C17H19F2N3O4. The minimum absolute atomic E-state index is 0.0692. The number of ether oxygens (including phenoxy) is 2. The summed E-state index contributed by atoms with van der Waals surface area (Å²) >= 11 is 0. The van der Waals surface area contributed by atoms with Crippen LogP contribution >= 0.6 is 0 Å². The van der Waals surface area contributed by atoms with Crippen LogP contribution in [0.5, 0.6) is 11.5 Å². The van der Waals surface area contributed by atoms with Gasteiger partial charge in [-0.25, -0.2) is 4.79 Å². The van der Waals surface area contributed by atoms with Crippen molar-refractivity contribution < 1.29 is 27.8 Å². The fourth-order valence-electron chi connectivity index (χ4n) is 3.12. The maximum absolute atomic E-state index is 13.0. The summed E-state index contributed by atoms with van der Waals surface area (Å²) < 4.78 is 34.8. The van der Waals surface area contributed by atoms with E-state index >= 15 is 0 Å². The van der Waals surface area contributed by atoms with Crippen molar-refractivity contribution in [2.45, 2.75) is 38.0 Å². The predicted octanol–water partition coefficient (Wildman–Crippen LogP) is 2.53. The van der Waals surface area contributed by atoms with Gasteiger partial charge in [-0.3, -0.25) is 4.79 Å². The van der Waals surface area contributed by atoms with Gasteiger partial charge in [-0.2, -0.15) is 0 Å². The third kappa shape index (κ3) is 3.66. The number of hydrogen-bond acceptors (Lipinski definition) is 4. The Hall–Kier alpha value is -2.58. The van der Waals surface area contributed by atoms with E-state index in [2.05, 4.69) is 20.1 Å². The fourth-order valence-corrected chi connectivity index (χ4v) is 3.12. The van der Waals surface area contributed by atoms with E-state index in [0.29, 0.717) is 31.6 Å². The van der Waals surface area contributed by atoms with E-state index in [4.69, 9.17) is 0 Å². The molecule has 2 N–H and O–H groups in total. The number of benzene rings is 1. The first-order valence-corrected chi connectivity index (χ1v) is 8.66. The van der Waals surface area contributed by atoms with Gasteiger partial charge in [0.05, 0.1) is 0 Å². The molecule has 140 valence electrons. The van der Waals surface area contributed by atoms with Crippen molar-refractivity contribution >= 4 is 17.6 Å². The van der Waals surface area contributed by atoms with Crippen LogP contribution in [0.2, 0.25) is 0 Å². The number of nitrogens with zero attached hydrogens (tertiary/aromatic N) is 1. The Kier molecular flexibility index (Phi) is 4.08. The minimum atomic E-state index is -3.68. The Balaban J connectivity index is 1.29. The highest BCUT2D eigenvalue weighted by molar-refractivity contribution is 5.90. The number of hydrogen-bond donors (Lipinski definition) is 2. The largest absolute Gasteiger partial charge is 0.586 e. The monoisotopic (exact) mass is 367 g/mol. The molecule has 0 bridgehead atoms. The Morgan fingerprint density at radius 2 is 1.77 bits per heavy atom. The number of amides is 3. The minimum Gasteiger partial charge on any atom is -0.395 e. The van der Waals surface area contributed by atoms with Crippen LogP contribution in [0.25, 0.3) is 0 Å². The summed E-state index contributed by atoms with van der Waals surface area (Å²) in [6.07, 6.45) is -0.362. The summed E-state index contributed by atoms with van der Waals surface area (Å²) in [5, 5.41) is 5.70. The fraction of sp³-hybridized carbons (Fsp3) is 0.529. The molecule has 1 aliphatic carbocycles. The van der Waals surface area contributed by atoms with Crippen molar-refractivity contribution in [1.82, 2.24) is 10.2 Å². The van der Waals surface area contributed by atoms with Gasteiger partial charge >= 0.3 is 12.3 Å². The normalized spacial score (nSPS) is 21.4. The summed E-state index contributed by atoms with van der Waals surface area (Å²) in [4.78, 5) is 25.8. The zero-order valence-corrected chi connectivity index (χ0v) is 14.0. The summed E-state index contributed by atoms with van der Waals surface area (Å²) in [5.41, 5.74) is 0.346. The first-order chi connectivity index (χ1) is 12.4. The summed E-state index contributed by atoms with van der Waals surface area (Å²) in [5.74, 6) is 0.106. The number of piperidine rings is 1. The number of fused-ring (bicyclic) bond motifs is 1. The maximum atomic E-state index is 13.0. The number of urea groups is 1. The molecule has 2 heterocycles. The Morgan fingerprint density at radius 1 is 1.08 bits per heavy atom. The molecule has 2 aliphatic heterocycles. The summed E-state index contributed by atoms with van der Waals surface area (Å²) in [6.45, 7) is 1.04. The number of anilines is 1. The van der Waals surface area contributed by atoms with Crippen LogP contribution in [0.1, 0.15) is 25.7 Å². The molecule has 1 saturated carbocycles. The number of halogens is 2. The Morgan fingerprint density at radius 3 is 2.46 bits per heavy atom. The lowest BCUT2D eigenvalue weighted by Gasteiger charge is -2.32. The average molecular weight is 367 g/mol. The van der Waals surface area contributed by atoms with Crippen molar-refractivity contribution in [3.8, 4) is 11.5 Å². The van der Waals surface area contributed by atoms with Crippen molar-refractivity contribution in [2.75, 3.05) is 18.4 Å². The lowest BCUT2D eigenvalue weighted by molar-refractivity contribution is -0.286.